The first-order valence-electron chi connectivity index (χ1n) is 5.77. The first kappa shape index (κ1) is 10.4. The Labute approximate surface area is 101 Å². The number of rotatable bonds is 1. The molecule has 0 aliphatic carbocycles. The van der Waals surface area contributed by atoms with Gasteiger partial charge in [0.25, 0.3) is 0 Å². The van der Waals surface area contributed by atoms with E-state index in [2.05, 4.69) is 12.2 Å². The molecule has 4 heteroatoms. The molecule has 0 aromatic heterocycles. The van der Waals surface area contributed by atoms with Crippen molar-refractivity contribution in [2.75, 3.05) is 19.5 Å². The van der Waals surface area contributed by atoms with Gasteiger partial charge in [-0.1, -0.05) is 6.92 Å². The molecule has 17 heavy (non-hydrogen) atoms. The Hall–Kier alpha value is -1.71. The fourth-order valence-corrected chi connectivity index (χ4v) is 3.00. The molecule has 1 fully saturated rings. The molecule has 2 atom stereocenters. The van der Waals surface area contributed by atoms with Gasteiger partial charge in [-0.25, -0.2) is 0 Å². The van der Waals surface area contributed by atoms with Crippen LogP contribution in [0.1, 0.15) is 18.9 Å². The van der Waals surface area contributed by atoms with E-state index < -0.39 is 0 Å². The number of nitrogens with zero attached hydrogens (tertiary/aromatic N) is 1. The van der Waals surface area contributed by atoms with E-state index in [4.69, 9.17) is 4.74 Å². The van der Waals surface area contributed by atoms with Crippen LogP contribution in [0.4, 0.5) is 5.69 Å². The molecule has 2 aliphatic heterocycles. The van der Waals surface area contributed by atoms with Crippen LogP contribution in [0.15, 0.2) is 18.2 Å². The summed E-state index contributed by atoms with van der Waals surface area (Å²) in [7, 11) is 3.52. The molecule has 2 aliphatic rings. The van der Waals surface area contributed by atoms with Crippen molar-refractivity contribution in [3.8, 4) is 5.75 Å². The van der Waals surface area contributed by atoms with Crippen molar-refractivity contribution in [3.63, 3.8) is 0 Å². The van der Waals surface area contributed by atoms with E-state index >= 15 is 0 Å². The number of fused-ring (bicyclic) bond motifs is 3. The van der Waals surface area contributed by atoms with Gasteiger partial charge in [-0.15, -0.1) is 0 Å². The molecule has 0 bridgehead atoms. The lowest BCUT2D eigenvalue weighted by Crippen LogP contribution is -2.40. The standard InChI is InChI=1S/C13H16N2O2/c1-13-7-11(16)15(2)12(13)14-10-5-4-8(17-3)6-9(10)13/h4-6,12,14H,7H2,1-3H3/t12-,13-/m0/s1. The highest BCUT2D eigenvalue weighted by atomic mass is 16.5. The smallest absolute Gasteiger partial charge is 0.225 e. The molecule has 1 amide bonds. The third-order valence-corrected chi connectivity index (χ3v) is 4.04. The van der Waals surface area contributed by atoms with Gasteiger partial charge >= 0.3 is 0 Å². The number of hydrogen-bond acceptors (Lipinski definition) is 3. The normalized spacial score (nSPS) is 29.9. The minimum absolute atomic E-state index is 0.0668. The van der Waals surface area contributed by atoms with Gasteiger partial charge in [0.2, 0.25) is 5.91 Å². The van der Waals surface area contributed by atoms with E-state index in [-0.39, 0.29) is 17.5 Å². The van der Waals surface area contributed by atoms with Crippen molar-refractivity contribution in [2.24, 2.45) is 0 Å². The molecular weight excluding hydrogens is 216 g/mol. The number of carbonyl (C=O) groups excluding carboxylic acids is 1. The van der Waals surface area contributed by atoms with Crippen molar-refractivity contribution >= 4 is 11.6 Å². The maximum Gasteiger partial charge on any atom is 0.225 e. The number of methoxy groups -OCH3 is 1. The van der Waals surface area contributed by atoms with E-state index in [1.807, 2.05) is 25.2 Å². The highest BCUT2D eigenvalue weighted by molar-refractivity contribution is 5.85. The molecule has 4 nitrogen and oxygen atoms in total. The molecule has 0 radical (unpaired) electrons. The van der Waals surface area contributed by atoms with Gasteiger partial charge in [-0.3, -0.25) is 4.79 Å². The Kier molecular flexibility index (Phi) is 1.94. The molecule has 90 valence electrons. The fraction of sp³-hybridized carbons (Fsp3) is 0.462. The van der Waals surface area contributed by atoms with Crippen LogP contribution in [0, 0.1) is 0 Å². The summed E-state index contributed by atoms with van der Waals surface area (Å²) in [6.07, 6.45) is 0.624. The van der Waals surface area contributed by atoms with Crippen LogP contribution in [0.3, 0.4) is 0 Å². The maximum atomic E-state index is 11.8. The number of hydrogen-bond donors (Lipinski definition) is 1. The first-order valence-corrected chi connectivity index (χ1v) is 5.77. The average Bonchev–Trinajstić information content (AvgIpc) is 2.71. The topological polar surface area (TPSA) is 41.6 Å². The fourth-order valence-electron chi connectivity index (χ4n) is 3.00. The van der Waals surface area contributed by atoms with E-state index in [0.29, 0.717) is 6.42 Å². The van der Waals surface area contributed by atoms with Gasteiger partial charge in [0.1, 0.15) is 11.9 Å². The quantitative estimate of drug-likeness (QED) is 0.799. The Morgan fingerprint density at radius 3 is 3.00 bits per heavy atom. The van der Waals surface area contributed by atoms with Crippen LogP contribution in [0.25, 0.3) is 0 Å². The van der Waals surface area contributed by atoms with Crippen molar-refractivity contribution in [1.82, 2.24) is 4.90 Å². The van der Waals surface area contributed by atoms with E-state index in [1.54, 1.807) is 12.0 Å². The van der Waals surface area contributed by atoms with Gasteiger partial charge in [-0.05, 0) is 23.8 Å². The lowest BCUT2D eigenvalue weighted by Gasteiger charge is -2.26. The van der Waals surface area contributed by atoms with Crippen molar-refractivity contribution < 1.29 is 9.53 Å². The molecule has 1 aromatic rings. The second-order valence-corrected chi connectivity index (χ2v) is 5.06. The third-order valence-electron chi connectivity index (χ3n) is 4.04. The number of nitrogens with one attached hydrogen (secondary N) is 1. The maximum absolute atomic E-state index is 11.8. The lowest BCUT2D eigenvalue weighted by molar-refractivity contribution is -0.127. The molecule has 0 spiro atoms. The minimum atomic E-state index is -0.143. The van der Waals surface area contributed by atoms with Gasteiger partial charge in [-0.2, -0.15) is 0 Å². The predicted molar refractivity (Wildman–Crippen MR) is 65.1 cm³/mol. The van der Waals surface area contributed by atoms with Gasteiger partial charge < -0.3 is 15.0 Å². The third kappa shape index (κ3) is 1.21. The number of benzene rings is 1. The molecule has 2 heterocycles. The van der Waals surface area contributed by atoms with Gasteiger partial charge in [0, 0.05) is 24.6 Å². The molecule has 1 aromatic carbocycles. The highest BCUT2D eigenvalue weighted by Gasteiger charge is 2.53. The zero-order valence-electron chi connectivity index (χ0n) is 10.3. The summed E-state index contributed by atoms with van der Waals surface area (Å²) in [6.45, 7) is 2.14. The van der Waals surface area contributed by atoms with Crippen molar-refractivity contribution in [2.45, 2.75) is 24.9 Å². The number of likely N-dealkylation sites (N-methyl/N-ethyl adjacent to an activating group) is 1. The second-order valence-electron chi connectivity index (χ2n) is 5.06. The molecule has 3 rings (SSSR count). The molecule has 0 unspecified atom stereocenters. The monoisotopic (exact) mass is 232 g/mol. The summed E-state index contributed by atoms with van der Waals surface area (Å²) >= 11 is 0. The molecule has 1 saturated heterocycles. The number of ether oxygens (including phenoxy) is 1. The predicted octanol–water partition coefficient (Wildman–Crippen LogP) is 1.57. The Balaban J connectivity index is 2.12. The van der Waals surface area contributed by atoms with Crippen LogP contribution in [-0.2, 0) is 10.2 Å². The average molecular weight is 232 g/mol. The summed E-state index contributed by atoms with van der Waals surface area (Å²) in [6, 6.07) is 6.00. The summed E-state index contributed by atoms with van der Waals surface area (Å²) in [5.41, 5.74) is 2.15. The second kappa shape index (κ2) is 3.15. The number of carbonyl (C=O) groups is 1. The Bertz CT molecular complexity index is 500. The lowest BCUT2D eigenvalue weighted by atomic mass is 9.81. The van der Waals surface area contributed by atoms with E-state index in [9.17, 15) is 4.79 Å². The van der Waals surface area contributed by atoms with Crippen molar-refractivity contribution in [3.05, 3.63) is 23.8 Å². The minimum Gasteiger partial charge on any atom is -0.497 e. The van der Waals surface area contributed by atoms with Crippen molar-refractivity contribution in [1.29, 1.82) is 0 Å². The van der Waals surface area contributed by atoms with Crippen LogP contribution < -0.4 is 10.1 Å². The molecule has 0 saturated carbocycles. The van der Waals surface area contributed by atoms with E-state index in [0.717, 1.165) is 11.4 Å². The van der Waals surface area contributed by atoms with Crippen LogP contribution >= 0.6 is 0 Å². The van der Waals surface area contributed by atoms with Crippen LogP contribution in [0.2, 0.25) is 0 Å². The number of anilines is 1. The number of likely N-dealkylation sites (tertiary alicyclic amines) is 1. The Morgan fingerprint density at radius 2 is 2.29 bits per heavy atom. The molecule has 1 N–H and O–H groups in total. The van der Waals surface area contributed by atoms with Gasteiger partial charge in [0.15, 0.2) is 0 Å². The van der Waals surface area contributed by atoms with Crippen LogP contribution in [-0.4, -0.2) is 31.1 Å². The first-order chi connectivity index (χ1) is 8.06. The summed E-state index contributed by atoms with van der Waals surface area (Å²) in [4.78, 5) is 13.6. The summed E-state index contributed by atoms with van der Waals surface area (Å²) < 4.78 is 5.26. The van der Waals surface area contributed by atoms with Crippen LogP contribution in [0.5, 0.6) is 5.75 Å². The Morgan fingerprint density at radius 1 is 1.53 bits per heavy atom. The van der Waals surface area contributed by atoms with Gasteiger partial charge in [0.05, 0.1) is 7.11 Å². The van der Waals surface area contributed by atoms with E-state index in [1.165, 1.54) is 5.56 Å². The number of amides is 1. The largest absolute Gasteiger partial charge is 0.497 e. The molecular formula is C13H16N2O2. The summed E-state index contributed by atoms with van der Waals surface area (Å²) in [5, 5.41) is 3.42. The SMILES string of the molecule is COc1ccc2c(c1)[C@]1(C)CC(=O)N(C)[C@@H]1N2. The zero-order valence-corrected chi connectivity index (χ0v) is 10.3. The highest BCUT2D eigenvalue weighted by Crippen LogP contribution is 2.49. The summed E-state index contributed by atoms with van der Waals surface area (Å²) in [5.74, 6) is 1.04. The zero-order chi connectivity index (χ0) is 12.2.